The minimum Gasteiger partial charge on any atom is -0.350 e. The first kappa shape index (κ1) is 20.9. The summed E-state index contributed by atoms with van der Waals surface area (Å²) in [6, 6.07) is 21.2. The van der Waals surface area contributed by atoms with Crippen molar-refractivity contribution in [2.75, 3.05) is 5.32 Å². The average Bonchev–Trinajstić information content (AvgIpc) is 3.33. The number of hydrogen-bond donors (Lipinski definition) is 1. The fourth-order valence-corrected chi connectivity index (χ4v) is 3.88. The predicted molar refractivity (Wildman–Crippen MR) is 133 cm³/mol. The molecule has 3 heterocycles. The van der Waals surface area contributed by atoms with E-state index in [2.05, 4.69) is 32.0 Å². The largest absolute Gasteiger partial charge is 0.350 e. The third-order valence-corrected chi connectivity index (χ3v) is 5.78. The number of halogens is 1. The molecule has 5 rings (SSSR count). The molecule has 0 saturated heterocycles. The summed E-state index contributed by atoms with van der Waals surface area (Å²) >= 11 is 5.95. The minimum atomic E-state index is -0.211. The Morgan fingerprint density at radius 3 is 2.48 bits per heavy atom. The van der Waals surface area contributed by atoms with Gasteiger partial charge in [-0.3, -0.25) is 14.8 Å². The van der Waals surface area contributed by atoms with Crippen LogP contribution in [0.15, 0.2) is 91.5 Å². The maximum atomic E-state index is 12.8. The van der Waals surface area contributed by atoms with Gasteiger partial charge >= 0.3 is 0 Å². The van der Waals surface area contributed by atoms with E-state index in [-0.39, 0.29) is 5.91 Å². The number of fused-ring (bicyclic) bond motifs is 1. The molecule has 0 aliphatic rings. The van der Waals surface area contributed by atoms with E-state index in [9.17, 15) is 4.79 Å². The molecule has 1 N–H and O–H groups in total. The molecule has 3 aromatic heterocycles. The van der Waals surface area contributed by atoms with E-state index in [1.165, 1.54) is 0 Å². The van der Waals surface area contributed by atoms with Crippen molar-refractivity contribution in [1.82, 2.24) is 14.5 Å². The number of amides is 1. The molecule has 0 aliphatic heterocycles. The van der Waals surface area contributed by atoms with Gasteiger partial charge in [-0.15, -0.1) is 0 Å². The maximum Gasteiger partial charge on any atom is 0.257 e. The first-order chi connectivity index (χ1) is 16.0. The first-order valence-corrected chi connectivity index (χ1v) is 11.0. The van der Waals surface area contributed by atoms with Crippen molar-refractivity contribution >= 4 is 34.1 Å². The van der Waals surface area contributed by atoms with Gasteiger partial charge in [0.05, 0.1) is 16.8 Å². The van der Waals surface area contributed by atoms with Crippen LogP contribution in [0.25, 0.3) is 22.2 Å². The van der Waals surface area contributed by atoms with Gasteiger partial charge in [0.15, 0.2) is 0 Å². The smallest absolute Gasteiger partial charge is 0.257 e. The fourth-order valence-electron chi connectivity index (χ4n) is 3.76. The van der Waals surface area contributed by atoms with Gasteiger partial charge in [0.25, 0.3) is 5.91 Å². The summed E-state index contributed by atoms with van der Waals surface area (Å²) in [4.78, 5) is 21.9. The number of benzene rings is 2. The van der Waals surface area contributed by atoms with E-state index in [0.717, 1.165) is 45.5 Å². The number of carbonyl (C=O) groups excluding carboxylic acids is 1. The van der Waals surface area contributed by atoms with Crippen LogP contribution in [0.3, 0.4) is 0 Å². The number of hydrogen-bond acceptors (Lipinski definition) is 3. The Hall–Kier alpha value is -3.96. The average molecular weight is 453 g/mol. The summed E-state index contributed by atoms with van der Waals surface area (Å²) in [5, 5.41) is 4.71. The molecule has 5 nitrogen and oxygen atoms in total. The number of pyridine rings is 2. The molecular weight excluding hydrogens is 432 g/mol. The Kier molecular flexibility index (Phi) is 5.63. The van der Waals surface area contributed by atoms with Crippen LogP contribution >= 0.6 is 11.6 Å². The van der Waals surface area contributed by atoms with Crippen LogP contribution in [0, 0.1) is 6.92 Å². The zero-order valence-electron chi connectivity index (χ0n) is 18.0. The van der Waals surface area contributed by atoms with Crippen LogP contribution in [-0.4, -0.2) is 20.4 Å². The van der Waals surface area contributed by atoms with Crippen LogP contribution in [0.2, 0.25) is 5.02 Å². The summed E-state index contributed by atoms with van der Waals surface area (Å²) in [6.07, 6.45) is 7.53. The standard InChI is InChI=1S/C27H21ClN4O/c1-18-12-22-13-19(17-32-10-2-3-11-32)15-29-26(22)14-25(18)31-27(33)21-6-9-24(30-16-21)20-4-7-23(28)8-5-20/h2-16H,17H2,1H3,(H,31,33). The Labute approximate surface area is 196 Å². The highest BCUT2D eigenvalue weighted by molar-refractivity contribution is 6.30. The Morgan fingerprint density at radius 2 is 1.76 bits per heavy atom. The quantitative estimate of drug-likeness (QED) is 0.337. The second-order valence-corrected chi connectivity index (χ2v) is 8.39. The number of nitrogens with one attached hydrogen (secondary N) is 1. The van der Waals surface area contributed by atoms with E-state index in [1.807, 2.05) is 74.0 Å². The lowest BCUT2D eigenvalue weighted by Gasteiger charge is -2.11. The first-order valence-electron chi connectivity index (χ1n) is 10.6. The summed E-state index contributed by atoms with van der Waals surface area (Å²) in [5.74, 6) is -0.211. The van der Waals surface area contributed by atoms with Crippen LogP contribution in [0.5, 0.6) is 0 Å². The molecule has 33 heavy (non-hydrogen) atoms. The molecule has 0 bridgehead atoms. The van der Waals surface area contributed by atoms with Gasteiger partial charge in [0, 0.05) is 53.0 Å². The fraction of sp³-hybridized carbons (Fsp3) is 0.0741. The highest BCUT2D eigenvalue weighted by Gasteiger charge is 2.11. The highest BCUT2D eigenvalue weighted by atomic mass is 35.5. The number of aryl methyl sites for hydroxylation is 1. The normalized spacial score (nSPS) is 11.0. The van der Waals surface area contributed by atoms with Crippen molar-refractivity contribution < 1.29 is 4.79 Å². The number of carbonyl (C=O) groups is 1. The predicted octanol–water partition coefficient (Wildman–Crippen LogP) is 6.36. The van der Waals surface area contributed by atoms with Gasteiger partial charge in [-0.25, -0.2) is 0 Å². The van der Waals surface area contributed by atoms with Gasteiger partial charge in [-0.1, -0.05) is 23.7 Å². The van der Waals surface area contributed by atoms with Gasteiger partial charge in [0.2, 0.25) is 0 Å². The molecule has 1 amide bonds. The molecule has 0 saturated carbocycles. The second kappa shape index (κ2) is 8.88. The van der Waals surface area contributed by atoms with Crippen molar-refractivity contribution in [1.29, 1.82) is 0 Å². The van der Waals surface area contributed by atoms with E-state index in [4.69, 9.17) is 11.6 Å². The topological polar surface area (TPSA) is 59.8 Å². The summed E-state index contributed by atoms with van der Waals surface area (Å²) in [7, 11) is 0. The number of aromatic nitrogens is 3. The SMILES string of the molecule is Cc1cc2cc(Cn3cccc3)cnc2cc1NC(=O)c1ccc(-c2ccc(Cl)cc2)nc1. The number of rotatable bonds is 5. The van der Waals surface area contributed by atoms with Crippen LogP contribution in [0.4, 0.5) is 5.69 Å². The maximum absolute atomic E-state index is 12.8. The highest BCUT2D eigenvalue weighted by Crippen LogP contribution is 2.25. The molecule has 2 aromatic carbocycles. The lowest BCUT2D eigenvalue weighted by Crippen LogP contribution is -2.13. The van der Waals surface area contributed by atoms with E-state index in [0.29, 0.717) is 10.6 Å². The monoisotopic (exact) mass is 452 g/mol. The molecular formula is C27H21ClN4O. The lowest BCUT2D eigenvalue weighted by molar-refractivity contribution is 0.102. The van der Waals surface area contributed by atoms with Gasteiger partial charge in [0.1, 0.15) is 0 Å². The van der Waals surface area contributed by atoms with Crippen molar-refractivity contribution in [3.63, 3.8) is 0 Å². The molecule has 0 radical (unpaired) electrons. The van der Waals surface area contributed by atoms with E-state index < -0.39 is 0 Å². The second-order valence-electron chi connectivity index (χ2n) is 7.95. The number of nitrogens with zero attached hydrogens (tertiary/aromatic N) is 3. The molecule has 0 atom stereocenters. The summed E-state index contributed by atoms with van der Waals surface area (Å²) in [6.45, 7) is 2.75. The molecule has 162 valence electrons. The van der Waals surface area contributed by atoms with Crippen molar-refractivity contribution in [3.8, 4) is 11.3 Å². The summed E-state index contributed by atoms with van der Waals surface area (Å²) < 4.78 is 2.11. The molecule has 0 unspecified atom stereocenters. The summed E-state index contributed by atoms with van der Waals surface area (Å²) in [5.41, 5.74) is 5.89. The van der Waals surface area contributed by atoms with Crippen LogP contribution < -0.4 is 5.32 Å². The van der Waals surface area contributed by atoms with Gasteiger partial charge in [-0.2, -0.15) is 0 Å². The lowest BCUT2D eigenvalue weighted by atomic mass is 10.1. The Balaban J connectivity index is 1.34. The molecule has 0 fully saturated rings. The number of anilines is 1. The van der Waals surface area contributed by atoms with Crippen LogP contribution in [0.1, 0.15) is 21.5 Å². The van der Waals surface area contributed by atoms with E-state index >= 15 is 0 Å². The van der Waals surface area contributed by atoms with Crippen LogP contribution in [-0.2, 0) is 6.54 Å². The third kappa shape index (κ3) is 4.64. The van der Waals surface area contributed by atoms with E-state index in [1.54, 1.807) is 12.3 Å². The molecule has 0 spiro atoms. The van der Waals surface area contributed by atoms with Gasteiger partial charge < -0.3 is 9.88 Å². The van der Waals surface area contributed by atoms with Gasteiger partial charge in [-0.05, 0) is 72.6 Å². The molecule has 6 heteroatoms. The zero-order chi connectivity index (χ0) is 22.8. The minimum absolute atomic E-state index is 0.211. The van der Waals surface area contributed by atoms with Crippen molar-refractivity contribution in [2.45, 2.75) is 13.5 Å². The molecule has 5 aromatic rings. The molecule has 0 aliphatic carbocycles. The third-order valence-electron chi connectivity index (χ3n) is 5.53. The Bertz CT molecular complexity index is 1430. The van der Waals surface area contributed by atoms with Crippen molar-refractivity contribution in [2.24, 2.45) is 0 Å². The van der Waals surface area contributed by atoms with Crippen molar-refractivity contribution in [3.05, 3.63) is 113 Å². The Morgan fingerprint density at radius 1 is 0.970 bits per heavy atom. The zero-order valence-corrected chi connectivity index (χ0v) is 18.8.